The Bertz CT molecular complexity index is 486. The standard InChI is InChI=1S/C18H26N2O/c1-2-18(21)16-9-5-6-10-17(16)20-13-11-19(12-14-20)15-7-3-4-8-15/h5-6,9-10,15H,2-4,7-8,11-14H2,1H3. The number of piperazine rings is 1. The zero-order chi connectivity index (χ0) is 14.7. The van der Waals surface area contributed by atoms with Gasteiger partial charge < -0.3 is 4.90 Å². The van der Waals surface area contributed by atoms with Gasteiger partial charge in [-0.3, -0.25) is 9.69 Å². The average molecular weight is 286 g/mol. The molecule has 1 saturated carbocycles. The lowest BCUT2D eigenvalue weighted by atomic mass is 10.0. The first-order valence-electron chi connectivity index (χ1n) is 8.41. The van der Waals surface area contributed by atoms with Gasteiger partial charge in [0.2, 0.25) is 0 Å². The fourth-order valence-corrected chi connectivity index (χ4v) is 3.77. The first-order valence-corrected chi connectivity index (χ1v) is 8.41. The first-order chi connectivity index (χ1) is 10.3. The molecule has 2 aliphatic rings. The minimum absolute atomic E-state index is 0.254. The minimum atomic E-state index is 0.254. The van der Waals surface area contributed by atoms with Crippen LogP contribution in [-0.2, 0) is 0 Å². The Morgan fingerprint density at radius 2 is 1.76 bits per heavy atom. The molecule has 114 valence electrons. The molecule has 3 rings (SSSR count). The average Bonchev–Trinajstić information content (AvgIpc) is 3.09. The maximum Gasteiger partial charge on any atom is 0.164 e. The van der Waals surface area contributed by atoms with Crippen molar-refractivity contribution < 1.29 is 4.79 Å². The lowest BCUT2D eigenvalue weighted by molar-refractivity contribution is 0.0988. The number of carbonyl (C=O) groups excluding carboxylic acids is 1. The maximum absolute atomic E-state index is 12.1. The van der Waals surface area contributed by atoms with Gasteiger partial charge in [-0.15, -0.1) is 0 Å². The van der Waals surface area contributed by atoms with Crippen molar-refractivity contribution >= 4 is 11.5 Å². The molecule has 0 bridgehead atoms. The van der Waals surface area contributed by atoms with E-state index in [1.165, 1.54) is 25.7 Å². The maximum atomic E-state index is 12.1. The molecule has 1 saturated heterocycles. The normalized spacial score (nSPS) is 20.9. The van der Waals surface area contributed by atoms with Crippen LogP contribution in [0, 0.1) is 0 Å². The highest BCUT2D eigenvalue weighted by Crippen LogP contribution is 2.27. The lowest BCUT2D eigenvalue weighted by Crippen LogP contribution is -2.50. The van der Waals surface area contributed by atoms with E-state index in [1.54, 1.807) is 0 Å². The predicted octanol–water partition coefficient (Wildman–Crippen LogP) is 3.34. The number of hydrogen-bond acceptors (Lipinski definition) is 3. The quantitative estimate of drug-likeness (QED) is 0.793. The van der Waals surface area contributed by atoms with Gasteiger partial charge in [0.25, 0.3) is 0 Å². The number of ketones is 1. The highest BCUT2D eigenvalue weighted by molar-refractivity contribution is 6.01. The van der Waals surface area contributed by atoms with Crippen molar-refractivity contribution in [3.05, 3.63) is 29.8 Å². The van der Waals surface area contributed by atoms with Gasteiger partial charge in [-0.05, 0) is 25.0 Å². The van der Waals surface area contributed by atoms with Crippen molar-refractivity contribution in [3.8, 4) is 0 Å². The molecule has 1 heterocycles. The number of rotatable bonds is 4. The van der Waals surface area contributed by atoms with Crippen molar-refractivity contribution in [2.75, 3.05) is 31.1 Å². The monoisotopic (exact) mass is 286 g/mol. The summed E-state index contributed by atoms with van der Waals surface area (Å²) in [5.74, 6) is 0.254. The third-order valence-electron chi connectivity index (χ3n) is 5.02. The van der Waals surface area contributed by atoms with E-state index in [4.69, 9.17) is 0 Å². The third-order valence-corrected chi connectivity index (χ3v) is 5.02. The Hall–Kier alpha value is -1.35. The van der Waals surface area contributed by atoms with Crippen LogP contribution < -0.4 is 4.90 Å². The summed E-state index contributed by atoms with van der Waals surface area (Å²) in [4.78, 5) is 17.2. The first kappa shape index (κ1) is 14.6. The van der Waals surface area contributed by atoms with Gasteiger partial charge in [-0.2, -0.15) is 0 Å². The molecule has 1 aliphatic heterocycles. The zero-order valence-corrected chi connectivity index (χ0v) is 13.1. The van der Waals surface area contributed by atoms with Crippen LogP contribution in [0.3, 0.4) is 0 Å². The van der Waals surface area contributed by atoms with Gasteiger partial charge in [0.1, 0.15) is 0 Å². The molecular weight excluding hydrogens is 260 g/mol. The smallest absolute Gasteiger partial charge is 0.164 e. The van der Waals surface area contributed by atoms with E-state index in [1.807, 2.05) is 25.1 Å². The number of para-hydroxylation sites is 1. The number of Topliss-reactive ketones (excluding diaryl/α,β-unsaturated/α-hetero) is 1. The summed E-state index contributed by atoms with van der Waals surface area (Å²) in [5, 5.41) is 0. The van der Waals surface area contributed by atoms with Crippen LogP contribution >= 0.6 is 0 Å². The Balaban J connectivity index is 1.68. The van der Waals surface area contributed by atoms with Gasteiger partial charge >= 0.3 is 0 Å². The van der Waals surface area contributed by atoms with Crippen LogP contribution in [0.1, 0.15) is 49.4 Å². The predicted molar refractivity (Wildman–Crippen MR) is 87.1 cm³/mol. The second-order valence-electron chi connectivity index (χ2n) is 6.26. The topological polar surface area (TPSA) is 23.6 Å². The van der Waals surface area contributed by atoms with Gasteiger partial charge in [0.15, 0.2) is 5.78 Å². The lowest BCUT2D eigenvalue weighted by Gasteiger charge is -2.39. The van der Waals surface area contributed by atoms with Crippen LogP contribution in [0.25, 0.3) is 0 Å². The molecule has 2 fully saturated rings. The molecule has 3 heteroatoms. The summed E-state index contributed by atoms with van der Waals surface area (Å²) in [6, 6.07) is 8.92. The summed E-state index contributed by atoms with van der Waals surface area (Å²) < 4.78 is 0. The van der Waals surface area contributed by atoms with Crippen LogP contribution in [0.15, 0.2) is 24.3 Å². The van der Waals surface area contributed by atoms with E-state index in [0.29, 0.717) is 6.42 Å². The number of anilines is 1. The molecule has 3 nitrogen and oxygen atoms in total. The van der Waals surface area contributed by atoms with E-state index >= 15 is 0 Å². The molecule has 0 atom stereocenters. The van der Waals surface area contributed by atoms with Crippen molar-refractivity contribution in [1.82, 2.24) is 4.90 Å². The fraction of sp³-hybridized carbons (Fsp3) is 0.611. The second-order valence-corrected chi connectivity index (χ2v) is 6.26. The van der Waals surface area contributed by atoms with Crippen molar-refractivity contribution in [3.63, 3.8) is 0 Å². The minimum Gasteiger partial charge on any atom is -0.368 e. The number of hydrogen-bond donors (Lipinski definition) is 0. The molecule has 0 amide bonds. The molecule has 0 unspecified atom stereocenters. The molecule has 1 aromatic rings. The van der Waals surface area contributed by atoms with Crippen LogP contribution in [0.2, 0.25) is 0 Å². The van der Waals surface area contributed by atoms with Crippen molar-refractivity contribution in [2.24, 2.45) is 0 Å². The molecular formula is C18H26N2O. The Labute approximate surface area is 127 Å². The molecule has 0 spiro atoms. The van der Waals surface area contributed by atoms with E-state index in [0.717, 1.165) is 43.5 Å². The molecule has 0 N–H and O–H groups in total. The molecule has 0 aromatic heterocycles. The number of benzene rings is 1. The molecule has 0 radical (unpaired) electrons. The highest BCUT2D eigenvalue weighted by Gasteiger charge is 2.27. The van der Waals surface area contributed by atoms with Crippen molar-refractivity contribution in [1.29, 1.82) is 0 Å². The fourth-order valence-electron chi connectivity index (χ4n) is 3.77. The van der Waals surface area contributed by atoms with Crippen molar-refractivity contribution in [2.45, 2.75) is 45.1 Å². The zero-order valence-electron chi connectivity index (χ0n) is 13.1. The van der Waals surface area contributed by atoms with E-state index in [2.05, 4.69) is 15.9 Å². The number of nitrogens with zero attached hydrogens (tertiary/aromatic N) is 2. The van der Waals surface area contributed by atoms with Gasteiger partial charge in [-0.1, -0.05) is 31.9 Å². The van der Waals surface area contributed by atoms with Crippen LogP contribution in [0.5, 0.6) is 0 Å². The summed E-state index contributed by atoms with van der Waals surface area (Å²) in [6.07, 6.45) is 6.15. The highest BCUT2D eigenvalue weighted by atomic mass is 16.1. The SMILES string of the molecule is CCC(=O)c1ccccc1N1CCN(C2CCCC2)CC1. The van der Waals surface area contributed by atoms with E-state index in [9.17, 15) is 4.79 Å². The molecule has 1 aromatic carbocycles. The second kappa shape index (κ2) is 6.61. The van der Waals surface area contributed by atoms with Gasteiger partial charge in [0.05, 0.1) is 0 Å². The summed E-state index contributed by atoms with van der Waals surface area (Å²) in [6.45, 7) is 6.31. The largest absolute Gasteiger partial charge is 0.368 e. The Morgan fingerprint density at radius 3 is 2.43 bits per heavy atom. The summed E-state index contributed by atoms with van der Waals surface area (Å²) in [7, 11) is 0. The Morgan fingerprint density at radius 1 is 1.10 bits per heavy atom. The van der Waals surface area contributed by atoms with Crippen LogP contribution in [0.4, 0.5) is 5.69 Å². The van der Waals surface area contributed by atoms with Crippen LogP contribution in [-0.4, -0.2) is 42.9 Å². The van der Waals surface area contributed by atoms with E-state index < -0.39 is 0 Å². The van der Waals surface area contributed by atoms with E-state index in [-0.39, 0.29) is 5.78 Å². The van der Waals surface area contributed by atoms with Gasteiger partial charge in [-0.25, -0.2) is 0 Å². The van der Waals surface area contributed by atoms with Gasteiger partial charge in [0, 0.05) is 49.9 Å². The third kappa shape index (κ3) is 3.13. The molecule has 1 aliphatic carbocycles. The summed E-state index contributed by atoms with van der Waals surface area (Å²) >= 11 is 0. The number of carbonyl (C=O) groups is 1. The summed E-state index contributed by atoms with van der Waals surface area (Å²) in [5.41, 5.74) is 2.03. The Kier molecular flexibility index (Phi) is 4.59. The molecule has 21 heavy (non-hydrogen) atoms.